The summed E-state index contributed by atoms with van der Waals surface area (Å²) in [7, 11) is -4.12. The molecule has 3 aromatic rings. The van der Waals surface area contributed by atoms with Gasteiger partial charge in [-0.1, -0.05) is 41.9 Å². The van der Waals surface area contributed by atoms with Crippen LogP contribution in [-0.4, -0.2) is 75.0 Å². The average molecular weight is 542 g/mol. The van der Waals surface area contributed by atoms with E-state index in [0.717, 1.165) is 10.8 Å². The van der Waals surface area contributed by atoms with Gasteiger partial charge in [-0.3, -0.25) is 13.9 Å². The molecular weight excluding hydrogens is 514 g/mol. The molecule has 2 atom stereocenters. The summed E-state index contributed by atoms with van der Waals surface area (Å²) in [6.45, 7) is 3.88. The van der Waals surface area contributed by atoms with Gasteiger partial charge < -0.3 is 14.5 Å². The number of hydrogen-bond acceptors (Lipinski definition) is 5. The third-order valence-electron chi connectivity index (χ3n) is 6.98. The molecular formula is C27H28ClN3O5S. The lowest BCUT2D eigenvalue weighted by Crippen LogP contribution is -2.53. The largest absolute Gasteiger partial charge is 0.378 e. The van der Waals surface area contributed by atoms with E-state index in [-0.39, 0.29) is 29.7 Å². The summed E-state index contributed by atoms with van der Waals surface area (Å²) in [5, 5.41) is 2.10. The number of hydrogen-bond donors (Lipinski definition) is 0. The predicted molar refractivity (Wildman–Crippen MR) is 142 cm³/mol. The molecule has 0 bridgehead atoms. The van der Waals surface area contributed by atoms with Crippen LogP contribution in [0.2, 0.25) is 5.02 Å². The second-order valence-electron chi connectivity index (χ2n) is 9.24. The molecule has 3 aromatic carbocycles. The molecule has 10 heteroatoms. The number of para-hydroxylation sites is 1. The highest BCUT2D eigenvalue weighted by Gasteiger charge is 2.45. The van der Waals surface area contributed by atoms with E-state index in [0.29, 0.717) is 37.0 Å². The van der Waals surface area contributed by atoms with Gasteiger partial charge in [-0.15, -0.1) is 0 Å². The number of sulfonamides is 1. The van der Waals surface area contributed by atoms with Crippen LogP contribution in [0, 0.1) is 0 Å². The second kappa shape index (κ2) is 10.3. The van der Waals surface area contributed by atoms with Crippen LogP contribution in [0.15, 0.2) is 71.6 Å². The van der Waals surface area contributed by atoms with Crippen molar-refractivity contribution < 1.29 is 22.7 Å². The third-order valence-corrected chi connectivity index (χ3v) is 9.05. The first-order valence-corrected chi connectivity index (χ1v) is 14.0. The highest BCUT2D eigenvalue weighted by molar-refractivity contribution is 7.93. The lowest BCUT2D eigenvalue weighted by Gasteiger charge is -2.33. The molecule has 0 radical (unpaired) electrons. The summed E-state index contributed by atoms with van der Waals surface area (Å²) in [4.78, 5) is 30.0. The van der Waals surface area contributed by atoms with E-state index in [1.165, 1.54) is 15.3 Å². The minimum absolute atomic E-state index is 0.0786. The summed E-state index contributed by atoms with van der Waals surface area (Å²) in [6, 6.07) is 17.1. The predicted octanol–water partition coefficient (Wildman–Crippen LogP) is 3.54. The molecule has 194 valence electrons. The van der Waals surface area contributed by atoms with Crippen LogP contribution >= 0.6 is 11.6 Å². The normalized spacial score (nSPS) is 19.3. The van der Waals surface area contributed by atoms with E-state index in [1.807, 2.05) is 0 Å². The zero-order valence-corrected chi connectivity index (χ0v) is 22.0. The number of carbonyl (C=O) groups excluding carboxylic acids is 2. The summed E-state index contributed by atoms with van der Waals surface area (Å²) in [6.07, 6.45) is 0.275. The molecule has 0 aliphatic carbocycles. The van der Waals surface area contributed by atoms with E-state index in [9.17, 15) is 18.0 Å². The molecule has 2 fully saturated rings. The fourth-order valence-corrected chi connectivity index (χ4v) is 6.85. The van der Waals surface area contributed by atoms with Crippen molar-refractivity contribution >= 4 is 49.9 Å². The first kappa shape index (κ1) is 25.5. The number of ether oxygens (including phenoxy) is 1. The number of halogens is 1. The number of carbonyl (C=O) groups is 2. The highest BCUT2D eigenvalue weighted by Crippen LogP contribution is 2.33. The van der Waals surface area contributed by atoms with Gasteiger partial charge in [0.1, 0.15) is 12.1 Å². The van der Waals surface area contributed by atoms with Crippen LogP contribution in [0.1, 0.15) is 13.3 Å². The maximum Gasteiger partial charge on any atom is 0.265 e. The van der Waals surface area contributed by atoms with E-state index >= 15 is 0 Å². The average Bonchev–Trinajstić information content (AvgIpc) is 3.29. The van der Waals surface area contributed by atoms with Crippen LogP contribution in [0.5, 0.6) is 0 Å². The molecule has 2 aliphatic rings. The standard InChI is InChI=1S/C27H28ClN3O5S/c1-19(26(32)29-13-15-36-16-14-29)30-12-11-25(27(30)33)31(23-5-3-2-4-6-23)37(34,35)24-10-8-20-17-22(28)9-7-21(20)18-24/h2-10,17-19,25H,11-16H2,1H3/t19-,25?/m0/s1. The van der Waals surface area contributed by atoms with Crippen LogP contribution in [0.25, 0.3) is 10.8 Å². The monoisotopic (exact) mass is 541 g/mol. The summed E-state index contributed by atoms with van der Waals surface area (Å²) in [5.41, 5.74) is 0.395. The Morgan fingerprint density at radius 3 is 2.41 bits per heavy atom. The van der Waals surface area contributed by atoms with Crippen LogP contribution in [0.4, 0.5) is 5.69 Å². The Balaban J connectivity index is 1.48. The summed E-state index contributed by atoms with van der Waals surface area (Å²) in [5.74, 6) is -0.534. The Morgan fingerprint density at radius 1 is 1.00 bits per heavy atom. The molecule has 2 amide bonds. The number of likely N-dealkylation sites (tertiary alicyclic amines) is 1. The van der Waals surface area contributed by atoms with Crippen molar-refractivity contribution in [2.45, 2.75) is 30.3 Å². The molecule has 2 heterocycles. The number of amides is 2. The molecule has 37 heavy (non-hydrogen) atoms. The topological polar surface area (TPSA) is 87.2 Å². The molecule has 2 aliphatic heterocycles. The maximum absolute atomic E-state index is 14.1. The first-order chi connectivity index (χ1) is 17.8. The zero-order chi connectivity index (χ0) is 26.2. The smallest absolute Gasteiger partial charge is 0.265 e. The number of benzene rings is 3. The van der Waals surface area contributed by atoms with Gasteiger partial charge >= 0.3 is 0 Å². The number of fused-ring (bicyclic) bond motifs is 1. The van der Waals surface area contributed by atoms with Crippen molar-refractivity contribution in [3.05, 3.63) is 71.8 Å². The third kappa shape index (κ3) is 4.91. The Morgan fingerprint density at radius 2 is 1.68 bits per heavy atom. The maximum atomic E-state index is 14.1. The van der Waals surface area contributed by atoms with Gasteiger partial charge in [0.2, 0.25) is 11.8 Å². The van der Waals surface area contributed by atoms with Gasteiger partial charge in [-0.25, -0.2) is 8.42 Å². The highest BCUT2D eigenvalue weighted by atomic mass is 35.5. The Labute approximate surface area is 221 Å². The fraction of sp³-hybridized carbons (Fsp3) is 0.333. The molecule has 0 saturated carbocycles. The van der Waals surface area contributed by atoms with Crippen LogP contribution in [-0.2, 0) is 24.3 Å². The first-order valence-electron chi connectivity index (χ1n) is 12.2. The van der Waals surface area contributed by atoms with Crippen molar-refractivity contribution in [1.82, 2.24) is 9.80 Å². The summed E-state index contributed by atoms with van der Waals surface area (Å²) < 4.78 is 34.7. The van der Waals surface area contributed by atoms with Crippen molar-refractivity contribution in [2.24, 2.45) is 0 Å². The number of anilines is 1. The van der Waals surface area contributed by atoms with Gasteiger partial charge in [0, 0.05) is 24.7 Å². The van der Waals surface area contributed by atoms with E-state index in [4.69, 9.17) is 16.3 Å². The van der Waals surface area contributed by atoms with Gasteiger partial charge in [-0.05, 0) is 60.5 Å². The number of nitrogens with zero attached hydrogens (tertiary/aromatic N) is 3. The van der Waals surface area contributed by atoms with Crippen LogP contribution < -0.4 is 4.31 Å². The Kier molecular flexibility index (Phi) is 7.11. The van der Waals surface area contributed by atoms with Crippen molar-refractivity contribution in [3.8, 4) is 0 Å². The van der Waals surface area contributed by atoms with Crippen molar-refractivity contribution in [1.29, 1.82) is 0 Å². The molecule has 2 saturated heterocycles. The summed E-state index contributed by atoms with van der Waals surface area (Å²) >= 11 is 6.09. The number of rotatable bonds is 6. The second-order valence-corrected chi connectivity index (χ2v) is 11.5. The fourth-order valence-electron chi connectivity index (χ4n) is 5.00. The number of morpholine rings is 1. The minimum Gasteiger partial charge on any atom is -0.378 e. The Hall–Kier alpha value is -3.14. The molecule has 0 spiro atoms. The van der Waals surface area contributed by atoms with Crippen molar-refractivity contribution in [3.63, 3.8) is 0 Å². The lowest BCUT2D eigenvalue weighted by atomic mass is 10.1. The van der Waals surface area contributed by atoms with Gasteiger partial charge in [0.25, 0.3) is 10.0 Å². The van der Waals surface area contributed by atoms with Crippen molar-refractivity contribution in [2.75, 3.05) is 37.2 Å². The van der Waals surface area contributed by atoms with Gasteiger partial charge in [-0.2, -0.15) is 0 Å². The quantitative estimate of drug-likeness (QED) is 0.476. The minimum atomic E-state index is -4.12. The molecule has 8 nitrogen and oxygen atoms in total. The van der Waals surface area contributed by atoms with E-state index in [2.05, 4.69) is 0 Å². The molecule has 0 aromatic heterocycles. The van der Waals surface area contributed by atoms with Gasteiger partial charge in [0.15, 0.2) is 0 Å². The zero-order valence-electron chi connectivity index (χ0n) is 20.4. The Bertz CT molecular complexity index is 1430. The van der Waals surface area contributed by atoms with E-state index < -0.39 is 22.1 Å². The lowest BCUT2D eigenvalue weighted by molar-refractivity contribution is -0.145. The molecule has 0 N–H and O–H groups in total. The van der Waals surface area contributed by atoms with E-state index in [1.54, 1.807) is 72.5 Å². The molecule has 5 rings (SSSR count). The SMILES string of the molecule is C[C@@H](C(=O)N1CCOCC1)N1CCC(N(c2ccccc2)S(=O)(=O)c2ccc3cc(Cl)ccc3c2)C1=O. The molecule has 1 unspecified atom stereocenters. The van der Waals surface area contributed by atoms with Crippen LogP contribution in [0.3, 0.4) is 0 Å². The van der Waals surface area contributed by atoms with Gasteiger partial charge in [0.05, 0.1) is 23.8 Å².